The first kappa shape index (κ1) is 13.3. The highest BCUT2D eigenvalue weighted by molar-refractivity contribution is 14.1. The van der Waals surface area contributed by atoms with Crippen molar-refractivity contribution in [3.05, 3.63) is 27.3 Å². The molecular formula is C12H16INO2. The van der Waals surface area contributed by atoms with Crippen LogP contribution in [0.15, 0.2) is 18.2 Å². The number of hydrogen-bond donors (Lipinski definition) is 1. The summed E-state index contributed by atoms with van der Waals surface area (Å²) in [5.74, 6) is 1.55. The normalized spacial score (nSPS) is 10.8. The maximum atomic E-state index is 5.28. The van der Waals surface area contributed by atoms with Gasteiger partial charge in [0.25, 0.3) is 0 Å². The molecule has 1 aromatic carbocycles. The third kappa shape index (κ3) is 3.38. The summed E-state index contributed by atoms with van der Waals surface area (Å²) in [4.78, 5) is 0. The van der Waals surface area contributed by atoms with Gasteiger partial charge in [-0.2, -0.15) is 0 Å². The fraction of sp³-hybridized carbons (Fsp3) is 0.333. The van der Waals surface area contributed by atoms with E-state index in [1.165, 1.54) is 0 Å². The number of likely N-dealkylation sites (N-methyl/N-ethyl adjacent to an activating group) is 1. The highest BCUT2D eigenvalue weighted by Gasteiger charge is 2.08. The lowest BCUT2D eigenvalue weighted by Gasteiger charge is -2.10. The van der Waals surface area contributed by atoms with Crippen molar-refractivity contribution >= 4 is 28.7 Å². The van der Waals surface area contributed by atoms with E-state index in [0.717, 1.165) is 27.2 Å². The lowest BCUT2D eigenvalue weighted by Crippen LogP contribution is -2.03. The average molecular weight is 333 g/mol. The number of methoxy groups -OCH3 is 2. The van der Waals surface area contributed by atoms with Crippen LogP contribution in [0.25, 0.3) is 6.08 Å². The van der Waals surface area contributed by atoms with E-state index >= 15 is 0 Å². The lowest BCUT2D eigenvalue weighted by atomic mass is 10.2. The molecule has 0 aliphatic carbocycles. The second-order valence-corrected chi connectivity index (χ2v) is 4.36. The Labute approximate surface area is 110 Å². The van der Waals surface area contributed by atoms with Crippen molar-refractivity contribution in [2.75, 3.05) is 27.8 Å². The molecule has 3 nitrogen and oxygen atoms in total. The first-order valence-corrected chi connectivity index (χ1v) is 6.03. The van der Waals surface area contributed by atoms with Crippen LogP contribution in [0.3, 0.4) is 0 Å². The van der Waals surface area contributed by atoms with E-state index in [9.17, 15) is 0 Å². The highest BCUT2D eigenvalue weighted by atomic mass is 127. The summed E-state index contributed by atoms with van der Waals surface area (Å²) >= 11 is 2.24. The summed E-state index contributed by atoms with van der Waals surface area (Å²) in [6.07, 6.45) is 4.12. The number of hydrogen-bond acceptors (Lipinski definition) is 3. The summed E-state index contributed by atoms with van der Waals surface area (Å²) < 4.78 is 11.6. The molecule has 0 unspecified atom stereocenters. The zero-order valence-corrected chi connectivity index (χ0v) is 11.9. The molecule has 0 aliphatic heterocycles. The molecule has 4 heteroatoms. The van der Waals surface area contributed by atoms with Gasteiger partial charge in [-0.25, -0.2) is 0 Å². The molecule has 0 aromatic heterocycles. The molecule has 0 spiro atoms. The second-order valence-electron chi connectivity index (χ2n) is 3.20. The Kier molecular flexibility index (Phi) is 5.62. The van der Waals surface area contributed by atoms with E-state index in [2.05, 4.69) is 46.1 Å². The van der Waals surface area contributed by atoms with Crippen LogP contribution in [0.1, 0.15) is 5.56 Å². The van der Waals surface area contributed by atoms with Crippen molar-refractivity contribution in [1.29, 1.82) is 0 Å². The van der Waals surface area contributed by atoms with Gasteiger partial charge in [0.05, 0.1) is 17.8 Å². The van der Waals surface area contributed by atoms with E-state index in [0.29, 0.717) is 0 Å². The van der Waals surface area contributed by atoms with Gasteiger partial charge in [-0.3, -0.25) is 0 Å². The summed E-state index contributed by atoms with van der Waals surface area (Å²) in [5, 5.41) is 3.06. The molecule has 0 radical (unpaired) electrons. The van der Waals surface area contributed by atoms with Crippen LogP contribution >= 0.6 is 22.6 Å². The minimum absolute atomic E-state index is 0.763. The van der Waals surface area contributed by atoms with E-state index in [1.807, 2.05) is 13.1 Å². The Hall–Kier alpha value is -0.750. The number of halogens is 1. The molecule has 0 fully saturated rings. The number of ether oxygens (including phenoxy) is 2. The van der Waals surface area contributed by atoms with Crippen LogP contribution in [0, 0.1) is 3.57 Å². The molecule has 1 rings (SSSR count). The van der Waals surface area contributed by atoms with E-state index in [4.69, 9.17) is 9.47 Å². The molecule has 0 aliphatic rings. The minimum atomic E-state index is 0.763. The van der Waals surface area contributed by atoms with Crippen molar-refractivity contribution in [2.45, 2.75) is 0 Å². The van der Waals surface area contributed by atoms with Gasteiger partial charge in [0.15, 0.2) is 11.5 Å². The fourth-order valence-corrected chi connectivity index (χ4v) is 2.19. The predicted octanol–water partition coefficient (Wildman–Crippen LogP) is 2.54. The number of benzene rings is 1. The summed E-state index contributed by atoms with van der Waals surface area (Å²) in [5.41, 5.74) is 1.11. The van der Waals surface area contributed by atoms with Crippen LogP contribution < -0.4 is 14.8 Å². The summed E-state index contributed by atoms with van der Waals surface area (Å²) in [6.45, 7) is 0.852. The number of nitrogens with one attached hydrogen (secondary N) is 1. The summed E-state index contributed by atoms with van der Waals surface area (Å²) in [7, 11) is 5.22. The van der Waals surface area contributed by atoms with Gasteiger partial charge in [0.2, 0.25) is 0 Å². The second kappa shape index (κ2) is 6.75. The molecule has 0 amide bonds. The fourth-order valence-electron chi connectivity index (χ4n) is 1.35. The highest BCUT2D eigenvalue weighted by Crippen LogP contribution is 2.33. The van der Waals surface area contributed by atoms with Gasteiger partial charge < -0.3 is 14.8 Å². The maximum Gasteiger partial charge on any atom is 0.174 e. The van der Waals surface area contributed by atoms with Crippen LogP contribution in [0.5, 0.6) is 11.5 Å². The largest absolute Gasteiger partial charge is 0.493 e. The zero-order valence-electron chi connectivity index (χ0n) is 9.71. The molecule has 0 atom stereocenters. The first-order valence-electron chi connectivity index (χ1n) is 4.95. The van der Waals surface area contributed by atoms with Gasteiger partial charge in [-0.1, -0.05) is 12.2 Å². The monoisotopic (exact) mass is 333 g/mol. The van der Waals surface area contributed by atoms with Crippen molar-refractivity contribution in [2.24, 2.45) is 0 Å². The van der Waals surface area contributed by atoms with Crippen molar-refractivity contribution in [3.8, 4) is 11.5 Å². The molecule has 16 heavy (non-hydrogen) atoms. The minimum Gasteiger partial charge on any atom is -0.493 e. The van der Waals surface area contributed by atoms with E-state index in [1.54, 1.807) is 14.2 Å². The molecule has 0 heterocycles. The zero-order chi connectivity index (χ0) is 12.0. The Morgan fingerprint density at radius 3 is 2.62 bits per heavy atom. The third-order valence-electron chi connectivity index (χ3n) is 2.09. The standard InChI is InChI=1S/C12H16INO2/c1-14-6-4-5-9-7-10(13)12(16-3)11(8-9)15-2/h4-5,7-8,14H,6H2,1-3H3. The van der Waals surface area contributed by atoms with Crippen LogP contribution in [-0.4, -0.2) is 27.8 Å². The van der Waals surface area contributed by atoms with Crippen molar-refractivity contribution in [1.82, 2.24) is 5.32 Å². The molecule has 0 bridgehead atoms. The van der Waals surface area contributed by atoms with E-state index < -0.39 is 0 Å². The van der Waals surface area contributed by atoms with Crippen LogP contribution in [0.4, 0.5) is 0 Å². The van der Waals surface area contributed by atoms with Gasteiger partial charge in [-0.05, 0) is 47.3 Å². The van der Waals surface area contributed by atoms with Crippen molar-refractivity contribution < 1.29 is 9.47 Å². The van der Waals surface area contributed by atoms with Gasteiger partial charge in [0, 0.05) is 6.54 Å². The Morgan fingerprint density at radius 1 is 1.31 bits per heavy atom. The maximum absolute atomic E-state index is 5.28. The Morgan fingerprint density at radius 2 is 2.06 bits per heavy atom. The Balaban J connectivity index is 3.01. The average Bonchev–Trinajstić information content (AvgIpc) is 2.28. The van der Waals surface area contributed by atoms with E-state index in [-0.39, 0.29) is 0 Å². The summed E-state index contributed by atoms with van der Waals surface area (Å²) in [6, 6.07) is 4.03. The van der Waals surface area contributed by atoms with Gasteiger partial charge in [-0.15, -0.1) is 0 Å². The van der Waals surface area contributed by atoms with Crippen LogP contribution in [-0.2, 0) is 0 Å². The SMILES string of the molecule is CNCC=Cc1cc(I)c(OC)c(OC)c1. The molecular weight excluding hydrogens is 317 g/mol. The van der Waals surface area contributed by atoms with Gasteiger partial charge in [0.1, 0.15) is 0 Å². The molecule has 1 aromatic rings. The third-order valence-corrected chi connectivity index (χ3v) is 2.89. The molecule has 0 saturated heterocycles. The first-order chi connectivity index (χ1) is 7.72. The van der Waals surface area contributed by atoms with Gasteiger partial charge >= 0.3 is 0 Å². The number of rotatable bonds is 5. The quantitative estimate of drug-likeness (QED) is 0.840. The van der Waals surface area contributed by atoms with Crippen LogP contribution in [0.2, 0.25) is 0 Å². The smallest absolute Gasteiger partial charge is 0.174 e. The lowest BCUT2D eigenvalue weighted by molar-refractivity contribution is 0.353. The molecule has 88 valence electrons. The molecule has 1 N–H and O–H groups in total. The topological polar surface area (TPSA) is 30.5 Å². The Bertz CT molecular complexity index is 378. The predicted molar refractivity (Wildman–Crippen MR) is 75.2 cm³/mol. The van der Waals surface area contributed by atoms with Crippen molar-refractivity contribution in [3.63, 3.8) is 0 Å². The molecule has 0 saturated carbocycles.